The van der Waals surface area contributed by atoms with Crippen LogP contribution >= 0.6 is 0 Å². The molecule has 0 spiro atoms. The summed E-state index contributed by atoms with van der Waals surface area (Å²) in [5.74, 6) is 0.606. The van der Waals surface area contributed by atoms with E-state index in [1.54, 1.807) is 11.0 Å². The number of nitriles is 1. The number of fused-ring (bicyclic) bond motifs is 1. The number of carbonyl (C=O) groups excluding carboxylic acids is 1. The van der Waals surface area contributed by atoms with Crippen LogP contribution in [0.5, 0.6) is 0 Å². The van der Waals surface area contributed by atoms with Crippen molar-refractivity contribution in [1.29, 1.82) is 5.26 Å². The molecule has 1 N–H and O–H groups in total. The summed E-state index contributed by atoms with van der Waals surface area (Å²) < 4.78 is 45.4. The molecule has 3 heterocycles. The van der Waals surface area contributed by atoms with Gasteiger partial charge in [-0.2, -0.15) is 18.4 Å². The normalized spacial score (nSPS) is 22.6. The number of anilines is 1. The smallest absolute Gasteiger partial charge is 0.396 e. The Balaban J connectivity index is 1.47. The zero-order chi connectivity index (χ0) is 24.7. The lowest BCUT2D eigenvalue weighted by Gasteiger charge is -2.43. The lowest BCUT2D eigenvalue weighted by atomic mass is 9.73. The number of hydrogen-bond donors (Lipinski definition) is 1. The van der Waals surface area contributed by atoms with Crippen molar-refractivity contribution in [2.75, 3.05) is 37.7 Å². The van der Waals surface area contributed by atoms with E-state index in [9.17, 15) is 23.1 Å². The van der Waals surface area contributed by atoms with Gasteiger partial charge in [-0.1, -0.05) is 5.16 Å². The minimum atomic E-state index is -4.62. The summed E-state index contributed by atoms with van der Waals surface area (Å²) in [7, 11) is 0. The second-order valence-corrected chi connectivity index (χ2v) is 9.33. The predicted molar refractivity (Wildman–Crippen MR) is 117 cm³/mol. The molecule has 2 aliphatic heterocycles. The maximum Gasteiger partial charge on any atom is 0.417 e. The Bertz CT molecular complexity index is 1100. The highest BCUT2D eigenvalue weighted by atomic mass is 19.4. The van der Waals surface area contributed by atoms with Gasteiger partial charge >= 0.3 is 6.18 Å². The molecule has 0 unspecified atom stereocenters. The Labute approximate surface area is 195 Å². The van der Waals surface area contributed by atoms with Crippen LogP contribution in [-0.2, 0) is 17.4 Å². The van der Waals surface area contributed by atoms with Gasteiger partial charge in [0.1, 0.15) is 5.76 Å². The van der Waals surface area contributed by atoms with Crippen LogP contribution in [0.3, 0.4) is 0 Å². The van der Waals surface area contributed by atoms with E-state index in [-0.39, 0.29) is 18.4 Å². The molecule has 2 aliphatic rings. The van der Waals surface area contributed by atoms with E-state index in [2.05, 4.69) is 5.16 Å². The second-order valence-electron chi connectivity index (χ2n) is 9.33. The maximum atomic E-state index is 13.4. The molecule has 7 nitrogen and oxygen atoms in total. The van der Waals surface area contributed by atoms with Crippen molar-refractivity contribution in [3.63, 3.8) is 0 Å². The van der Waals surface area contributed by atoms with Gasteiger partial charge in [0.15, 0.2) is 0 Å². The fourth-order valence-electron chi connectivity index (χ4n) is 5.28. The van der Waals surface area contributed by atoms with Gasteiger partial charge in [-0.25, -0.2) is 0 Å². The van der Waals surface area contributed by atoms with Gasteiger partial charge in [0, 0.05) is 55.2 Å². The van der Waals surface area contributed by atoms with Gasteiger partial charge in [0.05, 0.1) is 29.5 Å². The fourth-order valence-corrected chi connectivity index (χ4v) is 5.28. The van der Waals surface area contributed by atoms with Gasteiger partial charge in [-0.15, -0.1) is 0 Å². The second kappa shape index (κ2) is 8.95. The van der Waals surface area contributed by atoms with Crippen molar-refractivity contribution in [3.8, 4) is 6.07 Å². The molecule has 34 heavy (non-hydrogen) atoms. The molecule has 2 saturated heterocycles. The molecule has 1 amide bonds. The number of benzene rings is 1. The van der Waals surface area contributed by atoms with Crippen molar-refractivity contribution < 1.29 is 27.6 Å². The standard InChI is InChI=1S/C24H27F3N4O3/c1-15-20(16(2)34-29-15)5-6-22(33)31-12-18-11-30(8-7-23(18,13-31)14-32)19-4-3-17(10-28)21(9-19)24(25,26)27/h3-4,9,18,32H,5-8,11-14H2,1-2H3/t18-,23+/m1/s1. The Morgan fingerprint density at radius 2 is 2.12 bits per heavy atom. The summed E-state index contributed by atoms with van der Waals surface area (Å²) in [6.45, 7) is 5.33. The van der Waals surface area contributed by atoms with Crippen LogP contribution in [-0.4, -0.2) is 53.9 Å². The average Bonchev–Trinajstić information content (AvgIpc) is 3.36. The van der Waals surface area contributed by atoms with E-state index < -0.39 is 22.7 Å². The van der Waals surface area contributed by atoms with E-state index >= 15 is 0 Å². The van der Waals surface area contributed by atoms with Crippen LogP contribution < -0.4 is 4.90 Å². The van der Waals surface area contributed by atoms with Gasteiger partial charge in [0.25, 0.3) is 0 Å². The number of likely N-dealkylation sites (tertiary alicyclic amines) is 1. The van der Waals surface area contributed by atoms with E-state index in [4.69, 9.17) is 9.78 Å². The first-order valence-corrected chi connectivity index (χ1v) is 11.2. The van der Waals surface area contributed by atoms with Gasteiger partial charge in [0.2, 0.25) is 5.91 Å². The number of hydrogen-bond acceptors (Lipinski definition) is 6. The third kappa shape index (κ3) is 4.37. The fraction of sp³-hybridized carbons (Fsp3) is 0.542. The highest BCUT2D eigenvalue weighted by molar-refractivity contribution is 5.77. The predicted octanol–water partition coefficient (Wildman–Crippen LogP) is 3.46. The van der Waals surface area contributed by atoms with E-state index in [1.807, 2.05) is 18.7 Å². The number of aliphatic hydroxyl groups excluding tert-OH is 1. The van der Waals surface area contributed by atoms with E-state index in [0.29, 0.717) is 56.9 Å². The summed E-state index contributed by atoms with van der Waals surface area (Å²) >= 11 is 0. The number of carbonyl (C=O) groups is 1. The first kappa shape index (κ1) is 24.1. The Hall–Kier alpha value is -3.06. The molecule has 0 radical (unpaired) electrons. The molecular weight excluding hydrogens is 449 g/mol. The van der Waals surface area contributed by atoms with Crippen LogP contribution in [0.1, 0.15) is 41.0 Å². The summed E-state index contributed by atoms with van der Waals surface area (Å²) in [5, 5.41) is 23.2. The number of halogens is 3. The van der Waals surface area contributed by atoms with Crippen molar-refractivity contribution in [3.05, 3.63) is 46.3 Å². The molecule has 2 atom stereocenters. The Kier molecular flexibility index (Phi) is 6.34. The zero-order valence-electron chi connectivity index (χ0n) is 19.2. The number of aryl methyl sites for hydroxylation is 2. The highest BCUT2D eigenvalue weighted by Crippen LogP contribution is 2.44. The molecule has 2 aromatic rings. The average molecular weight is 476 g/mol. The number of aromatic nitrogens is 1. The molecule has 0 bridgehead atoms. The highest BCUT2D eigenvalue weighted by Gasteiger charge is 2.50. The van der Waals surface area contributed by atoms with E-state index in [1.165, 1.54) is 12.1 Å². The van der Waals surface area contributed by atoms with Crippen LogP contribution in [0.2, 0.25) is 0 Å². The van der Waals surface area contributed by atoms with Gasteiger partial charge in [-0.3, -0.25) is 4.79 Å². The number of piperidine rings is 1. The third-order valence-corrected chi connectivity index (χ3v) is 7.36. The number of nitrogens with zero attached hydrogens (tertiary/aromatic N) is 4. The minimum absolute atomic E-state index is 0.0218. The number of alkyl halides is 3. The molecule has 2 fully saturated rings. The first-order chi connectivity index (χ1) is 16.1. The molecule has 10 heteroatoms. The molecule has 0 saturated carbocycles. The lowest BCUT2D eigenvalue weighted by molar-refractivity contribution is -0.137. The number of amides is 1. The summed E-state index contributed by atoms with van der Waals surface area (Å²) in [6.07, 6.45) is -3.25. The lowest BCUT2D eigenvalue weighted by Crippen LogP contribution is -2.49. The van der Waals surface area contributed by atoms with Gasteiger partial charge in [-0.05, 0) is 44.9 Å². The zero-order valence-corrected chi connectivity index (χ0v) is 19.2. The van der Waals surface area contributed by atoms with Crippen LogP contribution in [0, 0.1) is 36.5 Å². The summed E-state index contributed by atoms with van der Waals surface area (Å²) in [4.78, 5) is 16.6. The topological polar surface area (TPSA) is 93.6 Å². The summed E-state index contributed by atoms with van der Waals surface area (Å²) in [5.41, 5.74) is 0.260. The van der Waals surface area contributed by atoms with Crippen molar-refractivity contribution >= 4 is 11.6 Å². The number of rotatable bonds is 5. The van der Waals surface area contributed by atoms with Crippen LogP contribution in [0.15, 0.2) is 22.7 Å². The molecule has 182 valence electrons. The Morgan fingerprint density at radius 1 is 1.35 bits per heavy atom. The maximum absolute atomic E-state index is 13.4. The first-order valence-electron chi connectivity index (χ1n) is 11.2. The molecule has 1 aromatic heterocycles. The molecule has 0 aliphatic carbocycles. The quantitative estimate of drug-likeness (QED) is 0.711. The SMILES string of the molecule is Cc1noc(C)c1CCC(=O)N1C[C@H]2CN(c3ccc(C#N)c(C(F)(F)F)c3)CC[C@@]2(CO)C1. The van der Waals surface area contributed by atoms with Crippen molar-refractivity contribution in [2.24, 2.45) is 11.3 Å². The molecule has 4 rings (SSSR count). The summed E-state index contributed by atoms with van der Waals surface area (Å²) in [6, 6.07) is 5.35. The van der Waals surface area contributed by atoms with Crippen LogP contribution in [0.25, 0.3) is 0 Å². The minimum Gasteiger partial charge on any atom is -0.396 e. The third-order valence-electron chi connectivity index (χ3n) is 7.36. The van der Waals surface area contributed by atoms with Crippen molar-refractivity contribution in [2.45, 2.75) is 39.3 Å². The molecular formula is C24H27F3N4O3. The van der Waals surface area contributed by atoms with Crippen molar-refractivity contribution in [1.82, 2.24) is 10.1 Å². The van der Waals surface area contributed by atoms with E-state index in [0.717, 1.165) is 17.3 Å². The molecule has 1 aromatic carbocycles. The number of aliphatic hydroxyl groups is 1. The van der Waals surface area contributed by atoms with Gasteiger partial charge < -0.3 is 19.4 Å². The Morgan fingerprint density at radius 3 is 2.74 bits per heavy atom. The largest absolute Gasteiger partial charge is 0.417 e. The monoisotopic (exact) mass is 476 g/mol. The van der Waals surface area contributed by atoms with Crippen LogP contribution in [0.4, 0.5) is 18.9 Å².